The standard InChI is InChI=1S/C25H17F4N5O3.C24H17ClFN5O3/c26-22-11-18(25(27,28)29)5-1-16(22)4-8-23-31-20(15-36-23)14-35-21-6-2-17(3-7-21)24-32-19(13-37-24)12-34-10-9-30-33-34;25-18-5-1-16(22(26)11-18)4-8-23-28-20(15-33-23)14-32-21-6-2-17(3-7-21)24-29-19(13-34-24)12-31-10-9-27-30-31/h1-11,13,15H,12,14H2;1-11,13,15H,12,14H2. The molecule has 358 valence electrons. The Morgan fingerprint density at radius 2 is 1.00 bits per heavy atom. The van der Waals surface area contributed by atoms with Crippen molar-refractivity contribution in [1.82, 2.24) is 49.9 Å². The lowest BCUT2D eigenvalue weighted by molar-refractivity contribution is -0.137. The summed E-state index contributed by atoms with van der Waals surface area (Å²) >= 11 is 5.77. The van der Waals surface area contributed by atoms with E-state index in [2.05, 4.69) is 40.6 Å². The number of rotatable bonds is 16. The van der Waals surface area contributed by atoms with Crippen molar-refractivity contribution in [1.29, 1.82) is 0 Å². The number of ether oxygens (including phenoxy) is 2. The third-order valence-electron chi connectivity index (χ3n) is 9.91. The van der Waals surface area contributed by atoms with Crippen LogP contribution in [-0.2, 0) is 32.5 Å². The van der Waals surface area contributed by atoms with Gasteiger partial charge >= 0.3 is 6.18 Å². The molecule has 0 unspecified atom stereocenters. The van der Waals surface area contributed by atoms with Gasteiger partial charge in [0, 0.05) is 51.8 Å². The van der Waals surface area contributed by atoms with E-state index in [1.807, 2.05) is 24.3 Å². The van der Waals surface area contributed by atoms with E-state index >= 15 is 0 Å². The number of alkyl halides is 3. The zero-order chi connectivity index (χ0) is 49.2. The molecular formula is C49H34ClF5N10O6. The summed E-state index contributed by atoms with van der Waals surface area (Å²) in [6.45, 7) is 1.24. The molecule has 0 saturated carbocycles. The van der Waals surface area contributed by atoms with Crippen molar-refractivity contribution in [2.75, 3.05) is 0 Å². The summed E-state index contributed by atoms with van der Waals surface area (Å²) < 4.78 is 102. The topological polar surface area (TPSA) is 184 Å². The van der Waals surface area contributed by atoms with Gasteiger partial charge in [-0.15, -0.1) is 10.2 Å². The minimum Gasteiger partial charge on any atom is -0.487 e. The van der Waals surface area contributed by atoms with Crippen LogP contribution in [0, 0.1) is 11.6 Å². The fourth-order valence-corrected chi connectivity index (χ4v) is 6.58. The molecule has 10 rings (SSSR count). The largest absolute Gasteiger partial charge is 0.487 e. The minimum absolute atomic E-state index is 0.0272. The molecule has 0 N–H and O–H groups in total. The summed E-state index contributed by atoms with van der Waals surface area (Å²) in [7, 11) is 0. The second kappa shape index (κ2) is 21.5. The first-order chi connectivity index (χ1) is 34.4. The van der Waals surface area contributed by atoms with Crippen LogP contribution >= 0.6 is 11.6 Å². The number of benzene rings is 4. The van der Waals surface area contributed by atoms with Crippen molar-refractivity contribution >= 4 is 35.9 Å². The highest BCUT2D eigenvalue weighted by Crippen LogP contribution is 2.31. The summed E-state index contributed by atoms with van der Waals surface area (Å²) in [5.41, 5.74) is 3.42. The van der Waals surface area contributed by atoms with Crippen LogP contribution in [0.2, 0.25) is 5.02 Å². The molecule has 0 aliphatic heterocycles. The third-order valence-corrected chi connectivity index (χ3v) is 10.1. The van der Waals surface area contributed by atoms with Gasteiger partial charge in [0.15, 0.2) is 0 Å². The Bertz CT molecular complexity index is 3370. The fourth-order valence-electron chi connectivity index (χ4n) is 6.42. The Balaban J connectivity index is 0.000000176. The number of oxazole rings is 4. The van der Waals surface area contributed by atoms with Crippen molar-refractivity contribution < 1.29 is 49.1 Å². The van der Waals surface area contributed by atoms with Gasteiger partial charge in [-0.1, -0.05) is 34.2 Å². The van der Waals surface area contributed by atoms with Crippen LogP contribution in [0.25, 0.3) is 47.2 Å². The molecule has 10 aromatic rings. The van der Waals surface area contributed by atoms with Crippen molar-refractivity contribution in [2.45, 2.75) is 32.5 Å². The number of halogens is 6. The molecule has 0 bridgehead atoms. The average molecular weight is 989 g/mol. The zero-order valence-electron chi connectivity index (χ0n) is 36.5. The quantitative estimate of drug-likeness (QED) is 0.0833. The molecule has 0 saturated heterocycles. The molecule has 0 aliphatic carbocycles. The first-order valence-electron chi connectivity index (χ1n) is 21.1. The summed E-state index contributed by atoms with van der Waals surface area (Å²) in [4.78, 5) is 17.4. The van der Waals surface area contributed by atoms with Crippen molar-refractivity contribution in [3.05, 3.63) is 203 Å². The van der Waals surface area contributed by atoms with Crippen LogP contribution in [0.3, 0.4) is 0 Å². The highest BCUT2D eigenvalue weighted by Gasteiger charge is 2.31. The molecule has 0 aliphatic rings. The Morgan fingerprint density at radius 1 is 0.535 bits per heavy atom. The molecule has 22 heteroatoms. The molecule has 0 fully saturated rings. The van der Waals surface area contributed by atoms with Gasteiger partial charge in [0.1, 0.15) is 84.2 Å². The van der Waals surface area contributed by atoms with Crippen LogP contribution in [0.1, 0.15) is 51.2 Å². The van der Waals surface area contributed by atoms with Crippen molar-refractivity contribution in [3.63, 3.8) is 0 Å². The molecule has 0 atom stereocenters. The van der Waals surface area contributed by atoms with E-state index in [1.165, 1.54) is 30.7 Å². The Kier molecular flexibility index (Phi) is 14.3. The molecular weight excluding hydrogens is 955 g/mol. The van der Waals surface area contributed by atoms with Crippen LogP contribution in [0.4, 0.5) is 22.0 Å². The van der Waals surface area contributed by atoms with E-state index in [1.54, 1.807) is 95.2 Å². The number of hydrogen-bond donors (Lipinski definition) is 0. The molecule has 16 nitrogen and oxygen atoms in total. The summed E-state index contributed by atoms with van der Waals surface area (Å²) in [5.74, 6) is 1.27. The van der Waals surface area contributed by atoms with Gasteiger partial charge in [0.05, 0.1) is 31.0 Å². The molecule has 0 radical (unpaired) electrons. The van der Waals surface area contributed by atoms with Gasteiger partial charge < -0.3 is 27.1 Å². The second-order valence-corrected chi connectivity index (χ2v) is 15.5. The van der Waals surface area contributed by atoms with Crippen molar-refractivity contribution in [2.24, 2.45) is 0 Å². The van der Waals surface area contributed by atoms with Gasteiger partial charge in [-0.05, 0) is 84.9 Å². The summed E-state index contributed by atoms with van der Waals surface area (Å²) in [5, 5.41) is 15.7. The second-order valence-electron chi connectivity index (χ2n) is 15.0. The maximum absolute atomic E-state index is 14.0. The zero-order valence-corrected chi connectivity index (χ0v) is 37.3. The lowest BCUT2D eigenvalue weighted by atomic mass is 10.1. The predicted octanol–water partition coefficient (Wildman–Crippen LogP) is 11.4. The van der Waals surface area contributed by atoms with E-state index in [0.29, 0.717) is 76.0 Å². The highest BCUT2D eigenvalue weighted by atomic mass is 35.5. The summed E-state index contributed by atoms with van der Waals surface area (Å²) in [6.07, 6.45) is 13.9. The predicted molar refractivity (Wildman–Crippen MR) is 244 cm³/mol. The maximum Gasteiger partial charge on any atom is 0.416 e. The maximum atomic E-state index is 14.0. The van der Waals surface area contributed by atoms with Crippen LogP contribution < -0.4 is 9.47 Å². The van der Waals surface area contributed by atoms with E-state index in [4.69, 9.17) is 38.7 Å². The van der Waals surface area contributed by atoms with Crippen LogP contribution in [0.5, 0.6) is 11.5 Å². The van der Waals surface area contributed by atoms with E-state index in [-0.39, 0.29) is 24.7 Å². The first-order valence-corrected chi connectivity index (χ1v) is 21.4. The molecule has 71 heavy (non-hydrogen) atoms. The fraction of sp³-hybridized carbons (Fsp3) is 0.102. The molecule has 6 aromatic heterocycles. The third kappa shape index (κ3) is 12.8. The van der Waals surface area contributed by atoms with Gasteiger partial charge in [0.25, 0.3) is 0 Å². The van der Waals surface area contributed by atoms with Gasteiger partial charge in [-0.25, -0.2) is 38.1 Å². The Morgan fingerprint density at radius 3 is 1.44 bits per heavy atom. The van der Waals surface area contributed by atoms with Crippen molar-refractivity contribution in [3.8, 4) is 34.4 Å². The van der Waals surface area contributed by atoms with Gasteiger partial charge in [0.2, 0.25) is 23.6 Å². The van der Waals surface area contributed by atoms with E-state index in [0.717, 1.165) is 29.0 Å². The normalized spacial score (nSPS) is 11.6. The minimum atomic E-state index is -4.61. The Labute approximate surface area is 403 Å². The first kappa shape index (κ1) is 47.1. The summed E-state index contributed by atoms with van der Waals surface area (Å²) in [6, 6.07) is 21.2. The monoisotopic (exact) mass is 988 g/mol. The Hall–Kier alpha value is -8.98. The average Bonchev–Trinajstić information content (AvgIpc) is 4.24. The number of nitrogens with zero attached hydrogens (tertiary/aromatic N) is 10. The molecule has 4 aromatic carbocycles. The van der Waals surface area contributed by atoms with Gasteiger partial charge in [-0.3, -0.25) is 0 Å². The van der Waals surface area contributed by atoms with E-state index in [9.17, 15) is 22.0 Å². The number of hydrogen-bond acceptors (Lipinski definition) is 14. The molecule has 6 heterocycles. The van der Waals surface area contributed by atoms with Crippen LogP contribution in [-0.4, -0.2) is 49.9 Å². The SMILES string of the molecule is Fc1cc(C(F)(F)F)ccc1C=Cc1nc(COc2ccc(-c3nc(Cn4ccnn4)co3)cc2)co1.Fc1cc(Cl)ccc1C=Cc1nc(COc2ccc(-c3nc(Cn4ccnn4)co3)cc2)co1. The van der Waals surface area contributed by atoms with Crippen LogP contribution in [0.15, 0.2) is 152 Å². The lowest BCUT2D eigenvalue weighted by Gasteiger charge is -2.07. The highest BCUT2D eigenvalue weighted by molar-refractivity contribution is 6.30. The molecule has 0 spiro atoms. The number of aromatic nitrogens is 10. The van der Waals surface area contributed by atoms with Gasteiger partial charge in [-0.2, -0.15) is 13.2 Å². The smallest absolute Gasteiger partial charge is 0.416 e. The van der Waals surface area contributed by atoms with E-state index < -0.39 is 23.4 Å². The lowest BCUT2D eigenvalue weighted by Crippen LogP contribution is -2.05. The molecule has 0 amide bonds.